The molecule has 1 heterocycles. The van der Waals surface area contributed by atoms with Crippen LogP contribution in [0.4, 0.5) is 4.79 Å². The van der Waals surface area contributed by atoms with E-state index in [9.17, 15) is 4.79 Å². The Morgan fingerprint density at radius 1 is 1.29 bits per heavy atom. The van der Waals surface area contributed by atoms with Crippen molar-refractivity contribution in [3.8, 4) is 0 Å². The first kappa shape index (κ1) is 15.3. The summed E-state index contributed by atoms with van der Waals surface area (Å²) >= 11 is 1.79. The summed E-state index contributed by atoms with van der Waals surface area (Å²) in [6, 6.07) is 8.22. The van der Waals surface area contributed by atoms with E-state index in [1.165, 1.54) is 10.5 Å². The van der Waals surface area contributed by atoms with Gasteiger partial charge in [0.25, 0.3) is 0 Å². The predicted octanol–water partition coefficient (Wildman–Crippen LogP) is 1.49. The number of amides is 2. The molecule has 2 aromatic rings. The third-order valence-corrected chi connectivity index (χ3v) is 3.79. The molecule has 0 bridgehead atoms. The van der Waals surface area contributed by atoms with Crippen LogP contribution in [0.5, 0.6) is 0 Å². The maximum Gasteiger partial charge on any atom is 0.315 e. The summed E-state index contributed by atoms with van der Waals surface area (Å²) in [5.41, 5.74) is 1.26. The summed E-state index contributed by atoms with van der Waals surface area (Å²) in [5.74, 6) is 1.42. The van der Waals surface area contributed by atoms with E-state index in [1.807, 2.05) is 0 Å². The van der Waals surface area contributed by atoms with E-state index in [-0.39, 0.29) is 12.6 Å². The van der Waals surface area contributed by atoms with Crippen molar-refractivity contribution in [2.24, 2.45) is 0 Å². The first-order valence-electron chi connectivity index (χ1n) is 6.67. The Morgan fingerprint density at radius 3 is 2.81 bits per heavy atom. The van der Waals surface area contributed by atoms with Gasteiger partial charge in [-0.15, -0.1) is 22.0 Å². The number of hydrogen-bond acceptors (Lipinski definition) is 5. The maximum absolute atomic E-state index is 11.5. The second kappa shape index (κ2) is 8.25. The van der Waals surface area contributed by atoms with Crippen LogP contribution in [-0.2, 0) is 6.54 Å². The van der Waals surface area contributed by atoms with Crippen LogP contribution in [0.15, 0.2) is 29.2 Å². The molecule has 1 aromatic heterocycles. The third-order valence-electron chi connectivity index (χ3n) is 2.69. The highest BCUT2D eigenvalue weighted by atomic mass is 32.2. The summed E-state index contributed by atoms with van der Waals surface area (Å²) < 4.78 is 0. The van der Waals surface area contributed by atoms with E-state index in [2.05, 4.69) is 62.4 Å². The van der Waals surface area contributed by atoms with Gasteiger partial charge in [0.2, 0.25) is 0 Å². The Kier molecular flexibility index (Phi) is 6.01. The molecule has 0 saturated carbocycles. The van der Waals surface area contributed by atoms with E-state index in [1.54, 1.807) is 11.8 Å². The quantitative estimate of drug-likeness (QED) is 0.532. The molecule has 0 aliphatic heterocycles. The van der Waals surface area contributed by atoms with Crippen molar-refractivity contribution >= 4 is 17.8 Å². The van der Waals surface area contributed by atoms with Crippen molar-refractivity contribution in [2.75, 3.05) is 12.3 Å². The first-order valence-corrected chi connectivity index (χ1v) is 7.66. The zero-order valence-corrected chi connectivity index (χ0v) is 12.6. The lowest BCUT2D eigenvalue weighted by Crippen LogP contribution is -2.36. The SMILES string of the molecule is Cc1ccc(SCCCNC(=O)NCc2nn[nH]n2)cc1. The Balaban J connectivity index is 1.53. The summed E-state index contributed by atoms with van der Waals surface area (Å²) in [5, 5.41) is 18.7. The van der Waals surface area contributed by atoms with Gasteiger partial charge in [-0.25, -0.2) is 4.79 Å². The van der Waals surface area contributed by atoms with Crippen molar-refractivity contribution in [1.82, 2.24) is 31.3 Å². The summed E-state index contributed by atoms with van der Waals surface area (Å²) in [4.78, 5) is 12.7. The lowest BCUT2D eigenvalue weighted by Gasteiger charge is -2.06. The summed E-state index contributed by atoms with van der Waals surface area (Å²) in [6.45, 7) is 2.98. The van der Waals surface area contributed by atoms with Gasteiger partial charge in [0.1, 0.15) is 0 Å². The van der Waals surface area contributed by atoms with Crippen LogP contribution in [0.3, 0.4) is 0 Å². The van der Waals surface area contributed by atoms with Gasteiger partial charge < -0.3 is 10.6 Å². The molecule has 0 atom stereocenters. The predicted molar refractivity (Wildman–Crippen MR) is 80.9 cm³/mol. The Morgan fingerprint density at radius 2 is 2.10 bits per heavy atom. The number of tetrazole rings is 1. The number of aryl methyl sites for hydroxylation is 1. The molecule has 0 saturated heterocycles. The van der Waals surface area contributed by atoms with Crippen molar-refractivity contribution < 1.29 is 4.79 Å². The molecule has 8 heteroatoms. The zero-order chi connectivity index (χ0) is 14.9. The van der Waals surface area contributed by atoms with Crippen LogP contribution < -0.4 is 10.6 Å². The van der Waals surface area contributed by atoms with E-state index < -0.39 is 0 Å². The number of nitrogens with zero attached hydrogens (tertiary/aromatic N) is 3. The highest BCUT2D eigenvalue weighted by Crippen LogP contribution is 2.18. The van der Waals surface area contributed by atoms with Gasteiger partial charge >= 0.3 is 6.03 Å². The fourth-order valence-corrected chi connectivity index (χ4v) is 2.43. The highest BCUT2D eigenvalue weighted by molar-refractivity contribution is 7.99. The topological polar surface area (TPSA) is 95.6 Å². The van der Waals surface area contributed by atoms with Gasteiger partial charge in [0.15, 0.2) is 5.82 Å². The summed E-state index contributed by atoms with van der Waals surface area (Å²) in [6.07, 6.45) is 0.911. The molecule has 0 aliphatic rings. The Labute approximate surface area is 127 Å². The van der Waals surface area contributed by atoms with Crippen molar-refractivity contribution in [3.63, 3.8) is 0 Å². The molecule has 0 fully saturated rings. The molecule has 7 nitrogen and oxygen atoms in total. The van der Waals surface area contributed by atoms with Crippen LogP contribution >= 0.6 is 11.8 Å². The average Bonchev–Trinajstić information content (AvgIpc) is 3.00. The highest BCUT2D eigenvalue weighted by Gasteiger charge is 2.02. The van der Waals surface area contributed by atoms with Crippen LogP contribution in [-0.4, -0.2) is 39.0 Å². The zero-order valence-electron chi connectivity index (χ0n) is 11.8. The third kappa shape index (κ3) is 5.82. The monoisotopic (exact) mass is 306 g/mol. The fraction of sp³-hybridized carbons (Fsp3) is 0.385. The molecule has 2 rings (SSSR count). The number of thioether (sulfide) groups is 1. The van der Waals surface area contributed by atoms with E-state index in [0.29, 0.717) is 12.4 Å². The molecule has 0 spiro atoms. The van der Waals surface area contributed by atoms with Crippen LogP contribution in [0.2, 0.25) is 0 Å². The van der Waals surface area contributed by atoms with Gasteiger partial charge in [0.05, 0.1) is 6.54 Å². The number of carbonyl (C=O) groups is 1. The van der Waals surface area contributed by atoms with Gasteiger partial charge in [-0.05, 0) is 31.2 Å². The van der Waals surface area contributed by atoms with E-state index in [4.69, 9.17) is 0 Å². The number of benzene rings is 1. The van der Waals surface area contributed by atoms with E-state index >= 15 is 0 Å². The smallest absolute Gasteiger partial charge is 0.315 e. The molecule has 2 amide bonds. The second-order valence-corrected chi connectivity index (χ2v) is 5.62. The number of hydrogen-bond donors (Lipinski definition) is 3. The molecule has 0 aliphatic carbocycles. The number of rotatable bonds is 7. The number of H-pyrrole nitrogens is 1. The molecular formula is C13H18N6OS. The largest absolute Gasteiger partial charge is 0.338 e. The van der Waals surface area contributed by atoms with Gasteiger partial charge in [-0.3, -0.25) is 0 Å². The van der Waals surface area contributed by atoms with E-state index in [0.717, 1.165) is 12.2 Å². The lowest BCUT2D eigenvalue weighted by molar-refractivity contribution is 0.240. The molecule has 1 aromatic carbocycles. The van der Waals surface area contributed by atoms with Gasteiger partial charge in [-0.2, -0.15) is 5.21 Å². The minimum Gasteiger partial charge on any atom is -0.338 e. The van der Waals surface area contributed by atoms with Crippen molar-refractivity contribution in [1.29, 1.82) is 0 Å². The molecule has 21 heavy (non-hydrogen) atoms. The fourth-order valence-electron chi connectivity index (χ4n) is 1.58. The minimum atomic E-state index is -0.222. The van der Waals surface area contributed by atoms with Crippen molar-refractivity contribution in [2.45, 2.75) is 24.8 Å². The lowest BCUT2D eigenvalue weighted by atomic mass is 10.2. The molecule has 3 N–H and O–H groups in total. The Bertz CT molecular complexity index is 542. The van der Waals surface area contributed by atoms with Crippen LogP contribution in [0, 0.1) is 6.92 Å². The number of nitrogens with one attached hydrogen (secondary N) is 3. The Hall–Kier alpha value is -2.09. The number of aromatic nitrogens is 4. The van der Waals surface area contributed by atoms with Crippen LogP contribution in [0.25, 0.3) is 0 Å². The van der Waals surface area contributed by atoms with Crippen LogP contribution in [0.1, 0.15) is 17.8 Å². The second-order valence-electron chi connectivity index (χ2n) is 4.45. The van der Waals surface area contributed by atoms with Crippen molar-refractivity contribution in [3.05, 3.63) is 35.7 Å². The maximum atomic E-state index is 11.5. The standard InChI is InChI=1S/C13H18N6OS/c1-10-3-5-11(6-4-10)21-8-2-7-14-13(20)15-9-12-16-18-19-17-12/h3-6H,2,7-9H2,1H3,(H2,14,15,20)(H,16,17,18,19). The van der Waals surface area contributed by atoms with Gasteiger partial charge in [0, 0.05) is 11.4 Å². The number of carbonyl (C=O) groups excluding carboxylic acids is 1. The molecule has 112 valence electrons. The normalized spacial score (nSPS) is 10.3. The molecule has 0 radical (unpaired) electrons. The molecular weight excluding hydrogens is 288 g/mol. The number of urea groups is 1. The average molecular weight is 306 g/mol. The summed E-state index contributed by atoms with van der Waals surface area (Å²) in [7, 11) is 0. The minimum absolute atomic E-state index is 0.222. The first-order chi connectivity index (χ1) is 10.2. The van der Waals surface area contributed by atoms with Gasteiger partial charge in [-0.1, -0.05) is 22.9 Å². The molecule has 0 unspecified atom stereocenters. The number of aromatic amines is 1.